The van der Waals surface area contributed by atoms with Crippen LogP contribution in [-0.4, -0.2) is 54.5 Å². The van der Waals surface area contributed by atoms with Crippen molar-refractivity contribution in [2.75, 3.05) is 19.6 Å². The van der Waals surface area contributed by atoms with E-state index in [-0.39, 0.29) is 18.4 Å². The first-order valence-electron chi connectivity index (χ1n) is 11.3. The van der Waals surface area contributed by atoms with Crippen LogP contribution in [0.3, 0.4) is 0 Å². The van der Waals surface area contributed by atoms with E-state index in [1.54, 1.807) is 29.7 Å². The van der Waals surface area contributed by atoms with E-state index in [2.05, 4.69) is 25.7 Å². The molecule has 1 heterocycles. The smallest absolute Gasteiger partial charge is 0.323 e. The molecule has 0 radical (unpaired) electrons. The molecule has 3 rings (SSSR count). The van der Waals surface area contributed by atoms with Crippen molar-refractivity contribution >= 4 is 41.8 Å². The SMILES string of the molecule is O=C(CCc1ccc(C(=O)NCC(NS/C=C/c2ccccc2)C(=O)O)cc1)NC1=NCCCN1. The van der Waals surface area contributed by atoms with Crippen LogP contribution in [0.2, 0.25) is 0 Å². The quantitative estimate of drug-likeness (QED) is 0.302. The molecule has 10 heteroatoms. The molecule has 5 N–H and O–H groups in total. The second-order valence-corrected chi connectivity index (χ2v) is 8.55. The highest BCUT2D eigenvalue weighted by Crippen LogP contribution is 2.09. The molecule has 2 amide bonds. The number of guanidine groups is 1. The monoisotopic (exact) mass is 495 g/mol. The standard InChI is InChI=1S/C25H29N5O4S/c31-22(29-25-26-14-4-15-27-25)12-9-19-7-10-20(11-8-19)23(32)28-17-21(24(33)34)30-35-16-13-18-5-2-1-3-6-18/h1-3,5-8,10-11,13,16,21,30H,4,9,12,14-15,17H2,(H,28,32)(H,33,34)(H2,26,27,29,31)/b16-13+. The van der Waals surface area contributed by atoms with Crippen molar-refractivity contribution in [3.63, 3.8) is 0 Å². The first-order chi connectivity index (χ1) is 17.0. The van der Waals surface area contributed by atoms with E-state index < -0.39 is 12.0 Å². The Bertz CT molecular complexity index is 1060. The van der Waals surface area contributed by atoms with Gasteiger partial charge in [-0.3, -0.25) is 24.7 Å². The molecule has 0 aromatic heterocycles. The van der Waals surface area contributed by atoms with Crippen LogP contribution >= 0.6 is 11.9 Å². The Kier molecular flexibility index (Phi) is 10.3. The number of amides is 2. The third-order valence-corrected chi connectivity index (χ3v) is 5.81. The number of aryl methyl sites for hydroxylation is 1. The van der Waals surface area contributed by atoms with Gasteiger partial charge >= 0.3 is 5.97 Å². The number of carboxylic acids is 1. The maximum absolute atomic E-state index is 12.4. The molecule has 0 saturated carbocycles. The van der Waals surface area contributed by atoms with Crippen molar-refractivity contribution in [1.29, 1.82) is 0 Å². The molecule has 35 heavy (non-hydrogen) atoms. The predicted molar refractivity (Wildman–Crippen MR) is 138 cm³/mol. The number of nitrogens with one attached hydrogen (secondary N) is 4. The van der Waals surface area contributed by atoms with Crippen LogP contribution in [0, 0.1) is 0 Å². The van der Waals surface area contributed by atoms with E-state index in [0.29, 0.717) is 30.9 Å². The Labute approximate surface area is 208 Å². The van der Waals surface area contributed by atoms with E-state index in [9.17, 15) is 19.5 Å². The largest absolute Gasteiger partial charge is 0.480 e. The zero-order valence-corrected chi connectivity index (χ0v) is 20.0. The zero-order valence-electron chi connectivity index (χ0n) is 19.2. The van der Waals surface area contributed by atoms with Crippen LogP contribution < -0.4 is 20.7 Å². The van der Waals surface area contributed by atoms with Gasteiger partial charge in [-0.25, -0.2) is 4.72 Å². The normalized spacial score (nSPS) is 14.0. The minimum Gasteiger partial charge on any atom is -0.480 e. The first-order valence-corrected chi connectivity index (χ1v) is 12.2. The number of aliphatic imine (C=N–C) groups is 1. The average molecular weight is 496 g/mol. The molecule has 1 aliphatic rings. The minimum absolute atomic E-state index is 0.0693. The number of rotatable bonds is 11. The van der Waals surface area contributed by atoms with Crippen LogP contribution in [0.15, 0.2) is 65.0 Å². The number of carbonyl (C=O) groups excluding carboxylic acids is 2. The highest BCUT2D eigenvalue weighted by atomic mass is 32.2. The van der Waals surface area contributed by atoms with E-state index >= 15 is 0 Å². The van der Waals surface area contributed by atoms with Gasteiger partial charge in [0.05, 0.1) is 0 Å². The summed E-state index contributed by atoms with van der Waals surface area (Å²) in [5.41, 5.74) is 2.34. The second-order valence-electron chi connectivity index (χ2n) is 7.81. The van der Waals surface area contributed by atoms with E-state index in [1.807, 2.05) is 36.4 Å². The predicted octanol–water partition coefficient (Wildman–Crippen LogP) is 2.18. The number of benzene rings is 2. The summed E-state index contributed by atoms with van der Waals surface area (Å²) in [7, 11) is 0. The lowest BCUT2D eigenvalue weighted by Gasteiger charge is -2.15. The summed E-state index contributed by atoms with van der Waals surface area (Å²) in [5.74, 6) is -1.03. The molecule has 2 aromatic rings. The number of hydrogen-bond donors (Lipinski definition) is 5. The highest BCUT2D eigenvalue weighted by Gasteiger charge is 2.18. The fourth-order valence-corrected chi connectivity index (χ4v) is 3.82. The Morgan fingerprint density at radius 1 is 1.11 bits per heavy atom. The van der Waals surface area contributed by atoms with Crippen molar-refractivity contribution in [2.45, 2.75) is 25.3 Å². The minimum atomic E-state index is -1.06. The third-order valence-electron chi connectivity index (χ3n) is 5.12. The van der Waals surface area contributed by atoms with Crippen molar-refractivity contribution in [1.82, 2.24) is 20.7 Å². The molecule has 0 saturated heterocycles. The maximum Gasteiger partial charge on any atom is 0.323 e. The van der Waals surface area contributed by atoms with Crippen LogP contribution in [-0.2, 0) is 16.0 Å². The fraction of sp³-hybridized carbons (Fsp3) is 0.280. The van der Waals surface area contributed by atoms with Crippen LogP contribution in [0.4, 0.5) is 0 Å². The van der Waals surface area contributed by atoms with Gasteiger partial charge in [-0.2, -0.15) is 0 Å². The van der Waals surface area contributed by atoms with Crippen molar-refractivity contribution in [3.8, 4) is 0 Å². The second kappa shape index (κ2) is 13.9. The van der Waals surface area contributed by atoms with E-state index in [0.717, 1.165) is 36.0 Å². The van der Waals surface area contributed by atoms with Crippen molar-refractivity contribution in [3.05, 3.63) is 76.7 Å². The van der Waals surface area contributed by atoms with Crippen molar-refractivity contribution in [2.24, 2.45) is 4.99 Å². The molecular weight excluding hydrogens is 466 g/mol. The summed E-state index contributed by atoms with van der Waals surface area (Å²) >= 11 is 1.15. The van der Waals surface area contributed by atoms with E-state index in [4.69, 9.17) is 0 Å². The molecule has 2 aromatic carbocycles. The van der Waals surface area contributed by atoms with Gasteiger partial charge in [-0.1, -0.05) is 54.4 Å². The fourth-order valence-electron chi connectivity index (χ4n) is 3.17. The summed E-state index contributed by atoms with van der Waals surface area (Å²) in [4.78, 5) is 40.3. The number of carboxylic acid groups (broad SMARTS) is 1. The molecule has 1 unspecified atom stereocenters. The maximum atomic E-state index is 12.4. The van der Waals surface area contributed by atoms with Gasteiger partial charge in [-0.05, 0) is 47.6 Å². The van der Waals surface area contributed by atoms with Crippen LogP contribution in [0.25, 0.3) is 6.08 Å². The summed E-state index contributed by atoms with van der Waals surface area (Å²) < 4.78 is 2.83. The number of hydrogen-bond acceptors (Lipinski definition) is 7. The molecule has 0 spiro atoms. The lowest BCUT2D eigenvalue weighted by molar-refractivity contribution is -0.138. The molecule has 0 bridgehead atoms. The summed E-state index contributed by atoms with van der Waals surface area (Å²) in [6.07, 6.45) is 3.65. The lowest BCUT2D eigenvalue weighted by atomic mass is 10.1. The molecule has 1 aliphatic heterocycles. The molecule has 0 fully saturated rings. The third kappa shape index (κ3) is 9.26. The molecular formula is C25H29N5O4S. The zero-order chi connectivity index (χ0) is 24.9. The number of nitrogens with zero attached hydrogens (tertiary/aromatic N) is 1. The highest BCUT2D eigenvalue weighted by molar-refractivity contribution is 8.00. The Morgan fingerprint density at radius 3 is 2.57 bits per heavy atom. The Morgan fingerprint density at radius 2 is 1.89 bits per heavy atom. The molecule has 0 aliphatic carbocycles. The van der Waals surface area contributed by atoms with Crippen LogP contribution in [0.1, 0.15) is 34.3 Å². The van der Waals surface area contributed by atoms with Gasteiger partial charge in [0.1, 0.15) is 6.04 Å². The summed E-state index contributed by atoms with van der Waals surface area (Å²) in [6.45, 7) is 1.44. The average Bonchev–Trinajstić information content (AvgIpc) is 2.88. The number of carbonyl (C=O) groups is 3. The van der Waals surface area contributed by atoms with Gasteiger partial charge < -0.3 is 15.7 Å². The van der Waals surface area contributed by atoms with Gasteiger partial charge in [0.15, 0.2) is 5.96 Å². The summed E-state index contributed by atoms with van der Waals surface area (Å²) in [6, 6.07) is 15.6. The first kappa shape index (κ1) is 26.0. The lowest BCUT2D eigenvalue weighted by Crippen LogP contribution is -2.43. The number of aliphatic carboxylic acids is 1. The van der Waals surface area contributed by atoms with Gasteiger partial charge in [-0.15, -0.1) is 0 Å². The van der Waals surface area contributed by atoms with E-state index in [1.165, 1.54) is 0 Å². The summed E-state index contributed by atoms with van der Waals surface area (Å²) in [5, 5.41) is 19.6. The van der Waals surface area contributed by atoms with Gasteiger partial charge in [0.2, 0.25) is 5.91 Å². The molecule has 1 atom stereocenters. The Balaban J connectivity index is 1.40. The Hall–Kier alpha value is -3.63. The van der Waals surface area contributed by atoms with Crippen molar-refractivity contribution < 1.29 is 19.5 Å². The topological polar surface area (TPSA) is 132 Å². The molecule has 9 nitrogen and oxygen atoms in total. The van der Waals surface area contributed by atoms with Gasteiger partial charge in [0, 0.05) is 31.6 Å². The van der Waals surface area contributed by atoms with Gasteiger partial charge in [0.25, 0.3) is 5.91 Å². The molecule has 184 valence electrons. The van der Waals surface area contributed by atoms with Crippen LogP contribution in [0.5, 0.6) is 0 Å².